The Morgan fingerprint density at radius 3 is 1.96 bits per heavy atom. The molecule has 0 atom stereocenters. The van der Waals surface area contributed by atoms with Crippen LogP contribution in [0.4, 0.5) is 22.0 Å². The first-order chi connectivity index (χ1) is 10.6. The summed E-state index contributed by atoms with van der Waals surface area (Å²) in [5, 5.41) is 0. The minimum Gasteiger partial charge on any atom is -0.465 e. The zero-order chi connectivity index (χ0) is 17.8. The molecule has 0 amide bonds. The molecule has 0 saturated heterocycles. The van der Waals surface area contributed by atoms with Crippen LogP contribution in [0.15, 0.2) is 30.1 Å². The fourth-order valence-electron chi connectivity index (χ4n) is 1.46. The van der Waals surface area contributed by atoms with Crippen LogP contribution in [0.5, 0.6) is 5.75 Å². The fourth-order valence-corrected chi connectivity index (χ4v) is 1.46. The second-order valence-corrected chi connectivity index (χ2v) is 3.88. The summed E-state index contributed by atoms with van der Waals surface area (Å²) in [6, 6.07) is 2.21. The van der Waals surface area contributed by atoms with Crippen LogP contribution in [0.3, 0.4) is 0 Å². The second kappa shape index (κ2) is 7.07. The first-order valence-corrected chi connectivity index (χ1v) is 5.72. The van der Waals surface area contributed by atoms with Crippen LogP contribution in [-0.2, 0) is 9.47 Å². The van der Waals surface area contributed by atoms with E-state index in [1.807, 2.05) is 0 Å². The Kier molecular flexibility index (Phi) is 5.66. The maximum Gasteiger partial charge on any atom is 0.459 e. The summed E-state index contributed by atoms with van der Waals surface area (Å²) in [6.07, 6.45) is -8.21. The van der Waals surface area contributed by atoms with Gasteiger partial charge < -0.3 is 14.2 Å². The van der Waals surface area contributed by atoms with Gasteiger partial charge in [0.05, 0.1) is 25.3 Å². The van der Waals surface area contributed by atoms with Gasteiger partial charge in [0.25, 0.3) is 5.83 Å². The summed E-state index contributed by atoms with van der Waals surface area (Å²) in [7, 11) is 1.96. The Labute approximate surface area is 126 Å². The molecule has 0 aromatic heterocycles. The number of halogens is 5. The van der Waals surface area contributed by atoms with Gasteiger partial charge in [0, 0.05) is 0 Å². The molecule has 126 valence electrons. The van der Waals surface area contributed by atoms with Gasteiger partial charge in [-0.3, -0.25) is 0 Å². The molecule has 5 nitrogen and oxygen atoms in total. The van der Waals surface area contributed by atoms with Gasteiger partial charge in [-0.2, -0.15) is 22.0 Å². The maximum absolute atomic E-state index is 13.2. The van der Waals surface area contributed by atoms with Gasteiger partial charge in [-0.1, -0.05) is 0 Å². The molecule has 0 unspecified atom stereocenters. The molecule has 23 heavy (non-hydrogen) atoms. The van der Waals surface area contributed by atoms with Gasteiger partial charge in [-0.25, -0.2) is 9.59 Å². The number of hydrogen-bond donors (Lipinski definition) is 0. The molecule has 0 spiro atoms. The topological polar surface area (TPSA) is 61.8 Å². The van der Waals surface area contributed by atoms with E-state index in [0.717, 1.165) is 26.4 Å². The predicted molar refractivity (Wildman–Crippen MR) is 65.0 cm³/mol. The van der Waals surface area contributed by atoms with Crippen molar-refractivity contribution in [2.45, 2.75) is 6.11 Å². The highest BCUT2D eigenvalue weighted by Crippen LogP contribution is 2.33. The second-order valence-electron chi connectivity index (χ2n) is 3.88. The largest absolute Gasteiger partial charge is 0.465 e. The Hall–Kier alpha value is -2.65. The van der Waals surface area contributed by atoms with E-state index in [2.05, 4.69) is 14.2 Å². The number of alkyl halides is 2. The number of carbonyl (C=O) groups excluding carboxylic acids is 2. The summed E-state index contributed by atoms with van der Waals surface area (Å²) < 4.78 is 75.3. The average molecular weight is 340 g/mol. The average Bonchev–Trinajstić information content (AvgIpc) is 2.51. The lowest BCUT2D eigenvalue weighted by Crippen LogP contribution is -2.26. The number of ether oxygens (including phenoxy) is 3. The Bertz CT molecular complexity index is 652. The Balaban J connectivity index is 3.28. The lowest BCUT2D eigenvalue weighted by Gasteiger charge is -2.16. The highest BCUT2D eigenvalue weighted by Gasteiger charge is 2.42. The highest BCUT2D eigenvalue weighted by atomic mass is 19.3. The minimum absolute atomic E-state index is 0.345. The zero-order valence-corrected chi connectivity index (χ0v) is 11.7. The summed E-state index contributed by atoms with van der Waals surface area (Å²) >= 11 is 0. The molecule has 0 fully saturated rings. The molecule has 10 heteroatoms. The standard InChI is InChI=1S/C13H9F5O5/c1-21-11(19)7-4-3-6(5-8(7)12(20)22-2)23-13(17,18)9(14)10(15)16/h3-5H,1-2H3. The highest BCUT2D eigenvalue weighted by molar-refractivity contribution is 6.03. The lowest BCUT2D eigenvalue weighted by atomic mass is 10.1. The van der Waals surface area contributed by atoms with Crippen LogP contribution in [0.25, 0.3) is 0 Å². The summed E-state index contributed by atoms with van der Waals surface area (Å²) in [5.41, 5.74) is -0.875. The molecule has 0 N–H and O–H groups in total. The van der Waals surface area contributed by atoms with Crippen molar-refractivity contribution in [1.29, 1.82) is 0 Å². The summed E-state index contributed by atoms with van der Waals surface area (Å²) in [6.45, 7) is 0. The first kappa shape index (κ1) is 18.4. The third-order valence-corrected chi connectivity index (χ3v) is 2.47. The summed E-state index contributed by atoms with van der Waals surface area (Å²) in [4.78, 5) is 23.0. The smallest absolute Gasteiger partial charge is 0.459 e. The Morgan fingerprint density at radius 1 is 0.957 bits per heavy atom. The zero-order valence-electron chi connectivity index (χ0n) is 11.7. The Morgan fingerprint density at radius 2 is 1.48 bits per heavy atom. The van der Waals surface area contributed by atoms with Gasteiger partial charge >= 0.3 is 24.1 Å². The predicted octanol–water partition coefficient (Wildman–Crippen LogP) is 3.31. The van der Waals surface area contributed by atoms with Crippen molar-refractivity contribution in [2.75, 3.05) is 14.2 Å². The maximum atomic E-state index is 13.2. The van der Waals surface area contributed by atoms with Crippen molar-refractivity contribution >= 4 is 11.9 Å². The quantitative estimate of drug-likeness (QED) is 0.608. The minimum atomic E-state index is -4.96. The van der Waals surface area contributed by atoms with Crippen LogP contribution >= 0.6 is 0 Å². The number of benzene rings is 1. The summed E-state index contributed by atoms with van der Waals surface area (Å²) in [5.74, 6) is -6.01. The molecule has 0 aliphatic carbocycles. The molecule has 0 saturated carbocycles. The SMILES string of the molecule is COC(=O)c1ccc(OC(F)(F)C(F)=C(F)F)cc1C(=O)OC. The van der Waals surface area contributed by atoms with Gasteiger partial charge in [-0.15, -0.1) is 0 Å². The van der Waals surface area contributed by atoms with E-state index in [0.29, 0.717) is 6.07 Å². The van der Waals surface area contributed by atoms with E-state index in [9.17, 15) is 31.5 Å². The number of carbonyl (C=O) groups is 2. The number of hydrogen-bond acceptors (Lipinski definition) is 5. The van der Waals surface area contributed by atoms with Crippen LogP contribution in [0, 0.1) is 0 Å². The number of methoxy groups -OCH3 is 2. The normalized spacial score (nSPS) is 10.7. The monoisotopic (exact) mass is 340 g/mol. The molecular formula is C13H9F5O5. The van der Waals surface area contributed by atoms with Crippen LogP contribution in [-0.4, -0.2) is 32.3 Å². The molecular weight excluding hydrogens is 331 g/mol. The van der Waals surface area contributed by atoms with Crippen molar-refractivity contribution < 1.29 is 45.8 Å². The van der Waals surface area contributed by atoms with Crippen molar-refractivity contribution in [2.24, 2.45) is 0 Å². The van der Waals surface area contributed by atoms with Crippen LogP contribution in [0.2, 0.25) is 0 Å². The molecule has 1 rings (SSSR count). The van der Waals surface area contributed by atoms with E-state index < -0.39 is 41.3 Å². The van der Waals surface area contributed by atoms with Crippen molar-refractivity contribution in [3.05, 3.63) is 41.2 Å². The molecule has 1 aromatic rings. The van der Waals surface area contributed by atoms with Gasteiger partial charge in [0.2, 0.25) is 0 Å². The molecule has 1 aromatic carbocycles. The van der Waals surface area contributed by atoms with Crippen LogP contribution in [0.1, 0.15) is 20.7 Å². The third kappa shape index (κ3) is 4.18. The van der Waals surface area contributed by atoms with Gasteiger partial charge in [0.15, 0.2) is 0 Å². The number of esters is 2. The number of rotatable bonds is 5. The van der Waals surface area contributed by atoms with Crippen molar-refractivity contribution in [1.82, 2.24) is 0 Å². The molecule has 0 bridgehead atoms. The lowest BCUT2D eigenvalue weighted by molar-refractivity contribution is -0.159. The first-order valence-electron chi connectivity index (χ1n) is 5.72. The fraction of sp³-hybridized carbons (Fsp3) is 0.231. The van der Waals surface area contributed by atoms with E-state index in [-0.39, 0.29) is 5.56 Å². The molecule has 0 heterocycles. The van der Waals surface area contributed by atoms with E-state index in [1.165, 1.54) is 0 Å². The van der Waals surface area contributed by atoms with Gasteiger partial charge in [-0.05, 0) is 18.2 Å². The van der Waals surface area contributed by atoms with E-state index >= 15 is 0 Å². The molecule has 0 radical (unpaired) electrons. The van der Waals surface area contributed by atoms with Crippen LogP contribution < -0.4 is 4.74 Å². The van der Waals surface area contributed by atoms with Gasteiger partial charge in [0.1, 0.15) is 5.75 Å². The molecule has 0 aliphatic rings. The van der Waals surface area contributed by atoms with Crippen molar-refractivity contribution in [3.8, 4) is 5.75 Å². The third-order valence-electron chi connectivity index (χ3n) is 2.47. The van der Waals surface area contributed by atoms with Crippen molar-refractivity contribution in [3.63, 3.8) is 0 Å². The van der Waals surface area contributed by atoms with E-state index in [4.69, 9.17) is 0 Å². The molecule has 0 aliphatic heterocycles. The van der Waals surface area contributed by atoms with E-state index in [1.54, 1.807) is 0 Å².